The van der Waals surface area contributed by atoms with Gasteiger partial charge in [0.25, 0.3) is 0 Å². The Hall–Kier alpha value is -1.21. The molecule has 2 aromatic carbocycles. The summed E-state index contributed by atoms with van der Waals surface area (Å²) >= 11 is 15.5. The Labute approximate surface area is 136 Å². The standard InChI is InChI=1S/C15H10BrCl2NO/c16-7-12-6-13(17)3-4-15(12)20-9-11-2-1-10(8-19)5-14(11)18/h1-6H,7,9H2. The predicted molar refractivity (Wildman–Crippen MR) is 84.6 cm³/mol. The van der Waals surface area contributed by atoms with Gasteiger partial charge in [0.05, 0.1) is 11.6 Å². The van der Waals surface area contributed by atoms with E-state index in [9.17, 15) is 0 Å². The Bertz CT molecular complexity index is 667. The normalized spacial score (nSPS) is 10.1. The van der Waals surface area contributed by atoms with Gasteiger partial charge in [-0.25, -0.2) is 0 Å². The highest BCUT2D eigenvalue weighted by molar-refractivity contribution is 9.08. The maximum atomic E-state index is 8.80. The lowest BCUT2D eigenvalue weighted by atomic mass is 10.1. The van der Waals surface area contributed by atoms with Gasteiger partial charge in [0.2, 0.25) is 0 Å². The zero-order chi connectivity index (χ0) is 14.5. The number of nitriles is 1. The fourth-order valence-electron chi connectivity index (χ4n) is 1.68. The van der Waals surface area contributed by atoms with Crippen LogP contribution in [0.4, 0.5) is 0 Å². The Balaban J connectivity index is 2.15. The monoisotopic (exact) mass is 369 g/mol. The fraction of sp³-hybridized carbons (Fsp3) is 0.133. The summed E-state index contributed by atoms with van der Waals surface area (Å²) in [6.45, 7) is 0.339. The van der Waals surface area contributed by atoms with Crippen LogP contribution in [0.25, 0.3) is 0 Å². The van der Waals surface area contributed by atoms with Gasteiger partial charge >= 0.3 is 0 Å². The first-order valence-electron chi connectivity index (χ1n) is 5.79. The molecule has 0 fully saturated rings. The molecule has 0 aliphatic heterocycles. The number of rotatable bonds is 4. The van der Waals surface area contributed by atoms with E-state index in [1.807, 2.05) is 18.2 Å². The second-order valence-electron chi connectivity index (χ2n) is 4.09. The lowest BCUT2D eigenvalue weighted by Gasteiger charge is -2.11. The lowest BCUT2D eigenvalue weighted by molar-refractivity contribution is 0.304. The van der Waals surface area contributed by atoms with Crippen molar-refractivity contribution in [2.75, 3.05) is 0 Å². The van der Waals surface area contributed by atoms with Gasteiger partial charge in [0.1, 0.15) is 12.4 Å². The van der Waals surface area contributed by atoms with Crippen molar-refractivity contribution < 1.29 is 4.74 Å². The van der Waals surface area contributed by atoms with Crippen LogP contribution in [0.5, 0.6) is 5.75 Å². The summed E-state index contributed by atoms with van der Waals surface area (Å²) in [5.41, 5.74) is 2.34. The average molecular weight is 371 g/mol. The first-order chi connectivity index (χ1) is 9.63. The molecule has 20 heavy (non-hydrogen) atoms. The molecule has 0 atom stereocenters. The minimum absolute atomic E-state index is 0.339. The van der Waals surface area contributed by atoms with Gasteiger partial charge in [-0.1, -0.05) is 45.2 Å². The summed E-state index contributed by atoms with van der Waals surface area (Å²) in [4.78, 5) is 0. The summed E-state index contributed by atoms with van der Waals surface area (Å²) in [6.07, 6.45) is 0. The van der Waals surface area contributed by atoms with Gasteiger partial charge in [-0.15, -0.1) is 0 Å². The van der Waals surface area contributed by atoms with Crippen molar-refractivity contribution in [3.8, 4) is 11.8 Å². The number of alkyl halides is 1. The number of hydrogen-bond donors (Lipinski definition) is 0. The second kappa shape index (κ2) is 6.99. The molecule has 0 spiro atoms. The van der Waals surface area contributed by atoms with E-state index in [0.29, 0.717) is 27.5 Å². The minimum atomic E-state index is 0.339. The minimum Gasteiger partial charge on any atom is -0.489 e. The van der Waals surface area contributed by atoms with Crippen molar-refractivity contribution in [1.29, 1.82) is 5.26 Å². The van der Waals surface area contributed by atoms with Crippen molar-refractivity contribution in [2.45, 2.75) is 11.9 Å². The van der Waals surface area contributed by atoms with Crippen molar-refractivity contribution in [3.05, 3.63) is 63.1 Å². The van der Waals surface area contributed by atoms with E-state index in [0.717, 1.165) is 16.9 Å². The third kappa shape index (κ3) is 3.67. The van der Waals surface area contributed by atoms with Crippen molar-refractivity contribution in [3.63, 3.8) is 0 Å². The Morgan fingerprint density at radius 2 is 1.90 bits per heavy atom. The van der Waals surface area contributed by atoms with Crippen molar-refractivity contribution >= 4 is 39.1 Å². The van der Waals surface area contributed by atoms with E-state index in [-0.39, 0.29) is 0 Å². The third-order valence-corrected chi connectivity index (χ3v) is 3.92. The summed E-state index contributed by atoms with van der Waals surface area (Å²) in [6, 6.07) is 12.7. The van der Waals surface area contributed by atoms with E-state index in [2.05, 4.69) is 15.9 Å². The predicted octanol–water partition coefficient (Wildman–Crippen LogP) is 5.34. The van der Waals surface area contributed by atoms with Crippen LogP contribution >= 0.6 is 39.1 Å². The molecule has 0 saturated carbocycles. The van der Waals surface area contributed by atoms with E-state index in [1.165, 1.54) is 0 Å². The van der Waals surface area contributed by atoms with Crippen LogP contribution in [0.3, 0.4) is 0 Å². The molecule has 0 radical (unpaired) electrons. The maximum absolute atomic E-state index is 8.80. The van der Waals surface area contributed by atoms with Gasteiger partial charge in [0, 0.05) is 26.5 Å². The molecule has 0 heterocycles. The molecular formula is C15H10BrCl2NO. The number of hydrogen-bond acceptors (Lipinski definition) is 2. The molecule has 2 nitrogen and oxygen atoms in total. The summed E-state index contributed by atoms with van der Waals surface area (Å²) < 4.78 is 5.77. The molecule has 0 saturated heterocycles. The van der Waals surface area contributed by atoms with Crippen molar-refractivity contribution in [1.82, 2.24) is 0 Å². The molecule has 2 aromatic rings. The van der Waals surface area contributed by atoms with Crippen LogP contribution < -0.4 is 4.74 Å². The third-order valence-electron chi connectivity index (χ3n) is 2.73. The topological polar surface area (TPSA) is 33.0 Å². The highest BCUT2D eigenvalue weighted by Gasteiger charge is 2.07. The van der Waals surface area contributed by atoms with Gasteiger partial charge < -0.3 is 4.74 Å². The number of ether oxygens (including phenoxy) is 1. The summed E-state index contributed by atoms with van der Waals surface area (Å²) in [5, 5.41) is 10.7. The molecule has 5 heteroatoms. The second-order valence-corrected chi connectivity index (χ2v) is 5.50. The van der Waals surface area contributed by atoms with Crippen LogP contribution in [-0.2, 0) is 11.9 Å². The molecule has 0 unspecified atom stereocenters. The Morgan fingerprint density at radius 3 is 2.55 bits per heavy atom. The van der Waals surface area contributed by atoms with Crippen LogP contribution in [-0.4, -0.2) is 0 Å². The maximum Gasteiger partial charge on any atom is 0.123 e. The zero-order valence-electron chi connectivity index (χ0n) is 10.4. The highest BCUT2D eigenvalue weighted by Crippen LogP contribution is 2.27. The van der Waals surface area contributed by atoms with E-state index < -0.39 is 0 Å². The first-order valence-corrected chi connectivity index (χ1v) is 7.67. The van der Waals surface area contributed by atoms with E-state index in [1.54, 1.807) is 24.3 Å². The van der Waals surface area contributed by atoms with Crippen LogP contribution in [0.15, 0.2) is 36.4 Å². The van der Waals surface area contributed by atoms with Crippen LogP contribution in [0.1, 0.15) is 16.7 Å². The van der Waals surface area contributed by atoms with Gasteiger partial charge in [0.15, 0.2) is 0 Å². The van der Waals surface area contributed by atoms with Crippen LogP contribution in [0.2, 0.25) is 10.0 Å². The number of halogens is 3. The number of nitrogens with zero attached hydrogens (tertiary/aromatic N) is 1. The Kier molecular flexibility index (Phi) is 5.31. The molecule has 0 aliphatic carbocycles. The quantitative estimate of drug-likeness (QED) is 0.680. The molecule has 2 rings (SSSR count). The molecule has 102 valence electrons. The highest BCUT2D eigenvalue weighted by atomic mass is 79.9. The van der Waals surface area contributed by atoms with Gasteiger partial charge in [-0.3, -0.25) is 0 Å². The van der Waals surface area contributed by atoms with Crippen LogP contribution in [0, 0.1) is 11.3 Å². The molecule has 0 aromatic heterocycles. The first kappa shape index (κ1) is 15.2. The van der Waals surface area contributed by atoms with Gasteiger partial charge in [-0.2, -0.15) is 5.26 Å². The summed E-state index contributed by atoms with van der Waals surface area (Å²) in [7, 11) is 0. The fourth-order valence-corrected chi connectivity index (χ4v) is 2.55. The zero-order valence-corrected chi connectivity index (χ0v) is 13.5. The Morgan fingerprint density at radius 1 is 1.10 bits per heavy atom. The molecule has 0 N–H and O–H groups in total. The molecular weight excluding hydrogens is 361 g/mol. The van der Waals surface area contributed by atoms with Gasteiger partial charge in [-0.05, 0) is 30.3 Å². The van der Waals surface area contributed by atoms with E-state index in [4.69, 9.17) is 33.2 Å². The smallest absolute Gasteiger partial charge is 0.123 e. The number of benzene rings is 2. The van der Waals surface area contributed by atoms with E-state index >= 15 is 0 Å². The molecule has 0 bridgehead atoms. The summed E-state index contributed by atoms with van der Waals surface area (Å²) in [5.74, 6) is 0.756. The van der Waals surface area contributed by atoms with Crippen molar-refractivity contribution in [2.24, 2.45) is 0 Å². The lowest BCUT2D eigenvalue weighted by Crippen LogP contribution is -1.99. The molecule has 0 aliphatic rings. The largest absolute Gasteiger partial charge is 0.489 e. The molecule has 0 amide bonds. The average Bonchev–Trinajstić information content (AvgIpc) is 2.46. The SMILES string of the molecule is N#Cc1ccc(COc2ccc(Cl)cc2CBr)c(Cl)c1.